The molecule has 6 heteroatoms. The van der Waals surface area contributed by atoms with E-state index in [1.807, 2.05) is 6.07 Å². The maximum Gasteiger partial charge on any atom is 0.319 e. The number of rotatable bonds is 4. The first-order chi connectivity index (χ1) is 10.0. The first-order valence-corrected chi connectivity index (χ1v) is 7.14. The van der Waals surface area contributed by atoms with E-state index in [0.717, 1.165) is 5.56 Å². The minimum absolute atomic E-state index is 0.273. The van der Waals surface area contributed by atoms with E-state index in [0.29, 0.717) is 34.4 Å². The van der Waals surface area contributed by atoms with Crippen LogP contribution >= 0.6 is 23.2 Å². The van der Waals surface area contributed by atoms with E-state index >= 15 is 0 Å². The van der Waals surface area contributed by atoms with Gasteiger partial charge in [-0.2, -0.15) is 0 Å². The molecule has 0 unspecified atom stereocenters. The number of nitrogen functional groups attached to an aromatic ring is 1. The van der Waals surface area contributed by atoms with Crippen molar-refractivity contribution < 1.29 is 4.79 Å². The van der Waals surface area contributed by atoms with Crippen LogP contribution in [-0.2, 0) is 6.42 Å². The number of nitrogens with two attached hydrogens (primary N) is 1. The molecule has 0 aliphatic heterocycles. The number of anilines is 2. The third-order valence-electron chi connectivity index (χ3n) is 2.86. The SMILES string of the molecule is Nc1ccc(NC(=O)NCCc2ccc(Cl)cc2Cl)cc1. The highest BCUT2D eigenvalue weighted by molar-refractivity contribution is 6.35. The molecule has 0 aliphatic rings. The van der Waals surface area contributed by atoms with E-state index < -0.39 is 0 Å². The Balaban J connectivity index is 1.80. The Morgan fingerprint density at radius 1 is 1.10 bits per heavy atom. The lowest BCUT2D eigenvalue weighted by Crippen LogP contribution is -2.30. The fourth-order valence-corrected chi connectivity index (χ4v) is 2.28. The molecule has 0 aliphatic carbocycles. The van der Waals surface area contributed by atoms with Crippen molar-refractivity contribution >= 4 is 40.6 Å². The molecule has 4 N–H and O–H groups in total. The summed E-state index contributed by atoms with van der Waals surface area (Å²) in [6.45, 7) is 0.474. The Bertz CT molecular complexity index is 629. The van der Waals surface area contributed by atoms with Gasteiger partial charge in [0.25, 0.3) is 0 Å². The molecule has 4 nitrogen and oxygen atoms in total. The maximum atomic E-state index is 11.7. The third-order valence-corrected chi connectivity index (χ3v) is 3.45. The van der Waals surface area contributed by atoms with Crippen LogP contribution in [0.3, 0.4) is 0 Å². The van der Waals surface area contributed by atoms with Crippen molar-refractivity contribution in [3.63, 3.8) is 0 Å². The van der Waals surface area contributed by atoms with Gasteiger partial charge in [0.15, 0.2) is 0 Å². The summed E-state index contributed by atoms with van der Waals surface area (Å²) in [5.41, 5.74) is 7.85. The second-order valence-corrected chi connectivity index (χ2v) is 5.33. The molecule has 0 saturated heterocycles. The normalized spacial score (nSPS) is 10.2. The molecule has 2 aromatic rings. The Morgan fingerprint density at radius 2 is 1.81 bits per heavy atom. The average molecular weight is 324 g/mol. The van der Waals surface area contributed by atoms with E-state index in [4.69, 9.17) is 28.9 Å². The fraction of sp³-hybridized carbons (Fsp3) is 0.133. The van der Waals surface area contributed by atoms with E-state index in [1.165, 1.54) is 0 Å². The Morgan fingerprint density at radius 3 is 2.48 bits per heavy atom. The van der Waals surface area contributed by atoms with E-state index in [1.54, 1.807) is 36.4 Å². The van der Waals surface area contributed by atoms with Crippen LogP contribution in [-0.4, -0.2) is 12.6 Å². The van der Waals surface area contributed by atoms with Crippen molar-refractivity contribution in [3.05, 3.63) is 58.1 Å². The van der Waals surface area contributed by atoms with Crippen LogP contribution in [0.25, 0.3) is 0 Å². The first-order valence-electron chi connectivity index (χ1n) is 6.39. The van der Waals surface area contributed by atoms with Gasteiger partial charge in [0.2, 0.25) is 0 Å². The van der Waals surface area contributed by atoms with Gasteiger partial charge in [-0.25, -0.2) is 4.79 Å². The summed E-state index contributed by atoms with van der Waals surface area (Å²) in [6, 6.07) is 12.0. The van der Waals surface area contributed by atoms with Crippen LogP contribution in [0.4, 0.5) is 16.2 Å². The lowest BCUT2D eigenvalue weighted by Gasteiger charge is -2.09. The van der Waals surface area contributed by atoms with Gasteiger partial charge in [-0.3, -0.25) is 0 Å². The molecule has 2 amide bonds. The van der Waals surface area contributed by atoms with E-state index in [9.17, 15) is 4.79 Å². The largest absolute Gasteiger partial charge is 0.399 e. The van der Waals surface area contributed by atoms with Crippen LogP contribution in [0.5, 0.6) is 0 Å². The molecule has 0 atom stereocenters. The molecular formula is C15H15Cl2N3O. The summed E-state index contributed by atoms with van der Waals surface area (Å²) in [5.74, 6) is 0. The fourth-order valence-electron chi connectivity index (χ4n) is 1.78. The second kappa shape index (κ2) is 7.20. The smallest absolute Gasteiger partial charge is 0.319 e. The predicted molar refractivity (Wildman–Crippen MR) is 88.0 cm³/mol. The molecule has 0 spiro atoms. The summed E-state index contributed by atoms with van der Waals surface area (Å²) < 4.78 is 0. The molecule has 2 rings (SSSR count). The Kier molecular flexibility index (Phi) is 5.31. The lowest BCUT2D eigenvalue weighted by atomic mass is 10.1. The molecule has 0 heterocycles. The molecule has 21 heavy (non-hydrogen) atoms. The molecule has 110 valence electrons. The van der Waals surface area contributed by atoms with Gasteiger partial charge < -0.3 is 16.4 Å². The number of urea groups is 1. The van der Waals surface area contributed by atoms with Crippen molar-refractivity contribution in [2.45, 2.75) is 6.42 Å². The van der Waals surface area contributed by atoms with Crippen molar-refractivity contribution in [2.75, 3.05) is 17.6 Å². The summed E-state index contributed by atoms with van der Waals surface area (Å²) in [4.78, 5) is 11.7. The van der Waals surface area contributed by atoms with Gasteiger partial charge in [-0.05, 0) is 48.4 Å². The average Bonchev–Trinajstić information content (AvgIpc) is 2.44. The zero-order valence-electron chi connectivity index (χ0n) is 11.2. The predicted octanol–water partition coefficient (Wildman–Crippen LogP) is 3.94. The summed E-state index contributed by atoms with van der Waals surface area (Å²) in [7, 11) is 0. The lowest BCUT2D eigenvalue weighted by molar-refractivity contribution is 0.252. The van der Waals surface area contributed by atoms with Crippen LogP contribution in [0.2, 0.25) is 10.0 Å². The minimum atomic E-state index is -0.273. The van der Waals surface area contributed by atoms with Gasteiger partial charge in [0.05, 0.1) is 0 Å². The number of hydrogen-bond donors (Lipinski definition) is 3. The summed E-state index contributed by atoms with van der Waals surface area (Å²) in [6.07, 6.45) is 0.630. The molecule has 0 aromatic heterocycles. The van der Waals surface area contributed by atoms with Gasteiger partial charge in [0, 0.05) is 28.0 Å². The molecule has 0 fully saturated rings. The Hall–Kier alpha value is -1.91. The highest BCUT2D eigenvalue weighted by atomic mass is 35.5. The highest BCUT2D eigenvalue weighted by Gasteiger charge is 2.04. The van der Waals surface area contributed by atoms with Crippen molar-refractivity contribution in [3.8, 4) is 0 Å². The molecule has 2 aromatic carbocycles. The van der Waals surface area contributed by atoms with Crippen LogP contribution in [0.1, 0.15) is 5.56 Å². The van der Waals surface area contributed by atoms with E-state index in [2.05, 4.69) is 10.6 Å². The first kappa shape index (κ1) is 15.5. The van der Waals surface area contributed by atoms with Gasteiger partial charge in [-0.1, -0.05) is 29.3 Å². The third kappa shape index (κ3) is 4.85. The Labute approximate surface area is 133 Å². The quantitative estimate of drug-likeness (QED) is 0.746. The number of carbonyl (C=O) groups is 1. The molecule has 0 bridgehead atoms. The second-order valence-electron chi connectivity index (χ2n) is 4.49. The zero-order chi connectivity index (χ0) is 15.2. The monoisotopic (exact) mass is 323 g/mol. The zero-order valence-corrected chi connectivity index (χ0v) is 12.7. The van der Waals surface area contributed by atoms with Crippen molar-refractivity contribution in [1.82, 2.24) is 5.32 Å². The minimum Gasteiger partial charge on any atom is -0.399 e. The van der Waals surface area contributed by atoms with Crippen molar-refractivity contribution in [1.29, 1.82) is 0 Å². The molecular weight excluding hydrogens is 309 g/mol. The number of nitrogens with one attached hydrogen (secondary N) is 2. The topological polar surface area (TPSA) is 67.1 Å². The van der Waals surface area contributed by atoms with Crippen LogP contribution in [0.15, 0.2) is 42.5 Å². The maximum absolute atomic E-state index is 11.7. The summed E-state index contributed by atoms with van der Waals surface area (Å²) in [5, 5.41) is 6.68. The number of benzene rings is 2. The number of hydrogen-bond acceptors (Lipinski definition) is 2. The number of carbonyl (C=O) groups excluding carboxylic acids is 1. The van der Waals surface area contributed by atoms with Gasteiger partial charge >= 0.3 is 6.03 Å². The number of amides is 2. The van der Waals surface area contributed by atoms with Gasteiger partial charge in [0.1, 0.15) is 0 Å². The molecule has 0 saturated carbocycles. The number of halogens is 2. The van der Waals surface area contributed by atoms with Crippen LogP contribution in [0, 0.1) is 0 Å². The summed E-state index contributed by atoms with van der Waals surface area (Å²) >= 11 is 11.9. The standard InChI is InChI=1S/C15H15Cl2N3O/c16-11-2-1-10(14(17)9-11)7-8-19-15(21)20-13-5-3-12(18)4-6-13/h1-6,9H,7-8,18H2,(H2,19,20,21). The van der Waals surface area contributed by atoms with Crippen molar-refractivity contribution in [2.24, 2.45) is 0 Å². The van der Waals surface area contributed by atoms with Gasteiger partial charge in [-0.15, -0.1) is 0 Å². The highest BCUT2D eigenvalue weighted by Crippen LogP contribution is 2.21. The molecule has 0 radical (unpaired) electrons. The van der Waals surface area contributed by atoms with E-state index in [-0.39, 0.29) is 6.03 Å². The van der Waals surface area contributed by atoms with Crippen LogP contribution < -0.4 is 16.4 Å².